The number of fused-ring (bicyclic) bond motifs is 1. The molecule has 31 heavy (non-hydrogen) atoms. The minimum atomic E-state index is -4.01. The van der Waals surface area contributed by atoms with Gasteiger partial charge in [0.15, 0.2) is 0 Å². The van der Waals surface area contributed by atoms with Gasteiger partial charge in [0.2, 0.25) is 15.9 Å². The molecule has 164 valence electrons. The van der Waals surface area contributed by atoms with E-state index >= 15 is 0 Å². The summed E-state index contributed by atoms with van der Waals surface area (Å²) in [5.41, 5.74) is 1.42. The van der Waals surface area contributed by atoms with Gasteiger partial charge in [0.1, 0.15) is 22.0 Å². The molecule has 2 aromatic carbocycles. The Morgan fingerprint density at radius 3 is 2.39 bits per heavy atom. The Morgan fingerprint density at radius 1 is 0.935 bits per heavy atom. The molecule has 0 bridgehead atoms. The average molecular weight is 459 g/mol. The number of carbonyl (C=O) groups excluding carboxylic acids is 1. The van der Waals surface area contributed by atoms with E-state index in [1.54, 1.807) is 36.4 Å². The van der Waals surface area contributed by atoms with Crippen LogP contribution >= 0.6 is 11.7 Å². The van der Waals surface area contributed by atoms with E-state index in [0.717, 1.165) is 37.4 Å². The van der Waals surface area contributed by atoms with Crippen molar-refractivity contribution in [3.05, 3.63) is 54.1 Å². The molecular formula is C22H26N4O3S2. The molecule has 0 saturated heterocycles. The summed E-state index contributed by atoms with van der Waals surface area (Å²) >= 11 is 0.960. The number of amides is 1. The van der Waals surface area contributed by atoms with Crippen LogP contribution in [0.5, 0.6) is 0 Å². The van der Waals surface area contributed by atoms with Crippen LogP contribution < -0.4 is 10.0 Å². The van der Waals surface area contributed by atoms with Crippen molar-refractivity contribution in [1.82, 2.24) is 18.8 Å². The number of carbonyl (C=O) groups is 1. The molecule has 0 radical (unpaired) electrons. The van der Waals surface area contributed by atoms with Gasteiger partial charge < -0.3 is 5.32 Å². The molecular weight excluding hydrogens is 432 g/mol. The molecule has 0 unspecified atom stereocenters. The molecule has 1 saturated carbocycles. The van der Waals surface area contributed by atoms with E-state index in [1.807, 2.05) is 6.07 Å². The fourth-order valence-electron chi connectivity index (χ4n) is 4.02. The number of nitrogens with one attached hydrogen (secondary N) is 2. The van der Waals surface area contributed by atoms with E-state index in [1.165, 1.54) is 25.3 Å². The molecule has 1 fully saturated rings. The first-order valence-electron chi connectivity index (χ1n) is 10.6. The van der Waals surface area contributed by atoms with E-state index in [-0.39, 0.29) is 16.8 Å². The van der Waals surface area contributed by atoms with Crippen molar-refractivity contribution in [1.29, 1.82) is 0 Å². The van der Waals surface area contributed by atoms with Gasteiger partial charge in [0, 0.05) is 6.04 Å². The van der Waals surface area contributed by atoms with Gasteiger partial charge in [-0.2, -0.15) is 13.5 Å². The van der Waals surface area contributed by atoms with Crippen LogP contribution in [0.15, 0.2) is 53.4 Å². The summed E-state index contributed by atoms with van der Waals surface area (Å²) in [6, 6.07) is 12.8. The first-order valence-corrected chi connectivity index (χ1v) is 12.8. The van der Waals surface area contributed by atoms with E-state index in [4.69, 9.17) is 0 Å². The fourth-order valence-corrected chi connectivity index (χ4v) is 5.97. The zero-order valence-corrected chi connectivity index (χ0v) is 18.8. The Kier molecular flexibility index (Phi) is 6.94. The molecule has 3 aromatic rings. The first kappa shape index (κ1) is 21.9. The molecule has 1 atom stereocenters. The summed E-state index contributed by atoms with van der Waals surface area (Å²) in [7, 11) is -4.01. The number of benzene rings is 2. The van der Waals surface area contributed by atoms with Crippen molar-refractivity contribution in [3.8, 4) is 0 Å². The summed E-state index contributed by atoms with van der Waals surface area (Å²) in [4.78, 5) is 13.3. The van der Waals surface area contributed by atoms with Gasteiger partial charge in [0.25, 0.3) is 0 Å². The first-order chi connectivity index (χ1) is 15.0. The summed E-state index contributed by atoms with van der Waals surface area (Å²) in [6.07, 6.45) is 7.58. The zero-order chi connectivity index (χ0) is 21.7. The highest BCUT2D eigenvalue weighted by Gasteiger charge is 2.30. The van der Waals surface area contributed by atoms with Crippen molar-refractivity contribution >= 4 is 38.7 Å². The standard InChI is InChI=1S/C22H26N4O3S2/c27-22(23-17-12-7-2-1-3-8-13-17)20(16-10-5-4-6-11-16)26-31(28,29)19-15-9-14-18-21(19)25-30-24-18/h4-6,9-11,14-15,17,20,26H,1-3,7-8,12-13H2,(H,23,27)/t20-/m1/s1. The Labute approximate surface area is 186 Å². The number of sulfonamides is 1. The number of nitrogens with zero attached hydrogens (tertiary/aromatic N) is 2. The van der Waals surface area contributed by atoms with E-state index in [2.05, 4.69) is 18.8 Å². The van der Waals surface area contributed by atoms with E-state index in [0.29, 0.717) is 16.6 Å². The number of aromatic nitrogens is 2. The molecule has 9 heteroatoms. The molecule has 1 aliphatic carbocycles. The maximum atomic E-state index is 13.3. The smallest absolute Gasteiger partial charge is 0.243 e. The summed E-state index contributed by atoms with van der Waals surface area (Å²) < 4.78 is 37.4. The lowest BCUT2D eigenvalue weighted by molar-refractivity contribution is -0.123. The SMILES string of the molecule is O=C(NC1CCCCCCC1)[C@H](NS(=O)(=O)c1cccc2nsnc12)c1ccccc1. The quantitative estimate of drug-likeness (QED) is 0.583. The van der Waals surface area contributed by atoms with Gasteiger partial charge in [-0.15, -0.1) is 0 Å². The monoisotopic (exact) mass is 458 g/mol. The van der Waals surface area contributed by atoms with Crippen LogP contribution in [0.4, 0.5) is 0 Å². The number of rotatable bonds is 6. The van der Waals surface area contributed by atoms with Crippen LogP contribution in [0.3, 0.4) is 0 Å². The molecule has 1 aliphatic rings. The van der Waals surface area contributed by atoms with Crippen LogP contribution in [-0.4, -0.2) is 29.1 Å². The fraction of sp³-hybridized carbons (Fsp3) is 0.409. The van der Waals surface area contributed by atoms with Gasteiger partial charge in [-0.05, 0) is 30.5 Å². The zero-order valence-electron chi connectivity index (χ0n) is 17.2. The van der Waals surface area contributed by atoms with E-state index < -0.39 is 16.1 Å². The van der Waals surface area contributed by atoms with Crippen molar-refractivity contribution in [2.75, 3.05) is 0 Å². The second-order valence-electron chi connectivity index (χ2n) is 7.90. The second kappa shape index (κ2) is 9.84. The lowest BCUT2D eigenvalue weighted by atomic mass is 9.96. The molecule has 2 N–H and O–H groups in total. The molecule has 4 rings (SSSR count). The normalized spacial score (nSPS) is 17.0. The highest BCUT2D eigenvalue weighted by atomic mass is 32.2. The molecule has 1 aromatic heterocycles. The average Bonchev–Trinajstić information content (AvgIpc) is 3.23. The van der Waals surface area contributed by atoms with Crippen molar-refractivity contribution in [2.24, 2.45) is 0 Å². The van der Waals surface area contributed by atoms with Gasteiger partial charge in [0.05, 0.1) is 11.7 Å². The van der Waals surface area contributed by atoms with Crippen LogP contribution in [0.2, 0.25) is 0 Å². The van der Waals surface area contributed by atoms with Crippen molar-refractivity contribution in [3.63, 3.8) is 0 Å². The summed E-state index contributed by atoms with van der Waals surface area (Å²) in [6.45, 7) is 0. The van der Waals surface area contributed by atoms with Gasteiger partial charge >= 0.3 is 0 Å². The highest BCUT2D eigenvalue weighted by Crippen LogP contribution is 2.24. The maximum Gasteiger partial charge on any atom is 0.243 e. The predicted molar refractivity (Wildman–Crippen MR) is 121 cm³/mol. The third kappa shape index (κ3) is 5.28. The molecule has 1 amide bonds. The highest BCUT2D eigenvalue weighted by molar-refractivity contribution is 7.89. The Balaban J connectivity index is 1.61. The van der Waals surface area contributed by atoms with Crippen LogP contribution in [-0.2, 0) is 14.8 Å². The molecule has 1 heterocycles. The Hall–Kier alpha value is -2.36. The Bertz CT molecular complexity index is 1120. The largest absolute Gasteiger partial charge is 0.352 e. The second-order valence-corrected chi connectivity index (χ2v) is 10.1. The summed E-state index contributed by atoms with van der Waals surface area (Å²) in [5, 5.41) is 3.10. The van der Waals surface area contributed by atoms with E-state index in [9.17, 15) is 13.2 Å². The summed E-state index contributed by atoms with van der Waals surface area (Å²) in [5.74, 6) is -0.330. The third-order valence-corrected chi connectivity index (χ3v) is 7.66. The van der Waals surface area contributed by atoms with Crippen LogP contribution in [0, 0.1) is 0 Å². The molecule has 7 nitrogen and oxygen atoms in total. The minimum absolute atomic E-state index is 0.0263. The van der Waals surface area contributed by atoms with Gasteiger partial charge in [-0.3, -0.25) is 4.79 Å². The topological polar surface area (TPSA) is 101 Å². The van der Waals surface area contributed by atoms with Crippen molar-refractivity contribution in [2.45, 2.75) is 61.9 Å². The minimum Gasteiger partial charge on any atom is -0.352 e. The van der Waals surface area contributed by atoms with Gasteiger partial charge in [-0.25, -0.2) is 8.42 Å². The lowest BCUT2D eigenvalue weighted by Crippen LogP contribution is -2.44. The van der Waals surface area contributed by atoms with Crippen LogP contribution in [0.1, 0.15) is 56.6 Å². The van der Waals surface area contributed by atoms with Crippen LogP contribution in [0.25, 0.3) is 11.0 Å². The Morgan fingerprint density at radius 2 is 1.65 bits per heavy atom. The predicted octanol–water partition coefficient (Wildman–Crippen LogP) is 3.94. The van der Waals surface area contributed by atoms with Gasteiger partial charge in [-0.1, -0.05) is 68.5 Å². The third-order valence-electron chi connectivity index (χ3n) is 5.66. The lowest BCUT2D eigenvalue weighted by Gasteiger charge is -2.25. The molecule has 0 aliphatic heterocycles. The number of hydrogen-bond acceptors (Lipinski definition) is 6. The van der Waals surface area contributed by atoms with Crippen molar-refractivity contribution < 1.29 is 13.2 Å². The number of hydrogen-bond donors (Lipinski definition) is 2. The molecule has 0 spiro atoms. The maximum absolute atomic E-state index is 13.3.